The predicted molar refractivity (Wildman–Crippen MR) is 81.6 cm³/mol. The van der Waals surface area contributed by atoms with Gasteiger partial charge in [-0.2, -0.15) is 10.2 Å². The van der Waals surface area contributed by atoms with Gasteiger partial charge in [0, 0.05) is 25.8 Å². The van der Waals surface area contributed by atoms with Gasteiger partial charge in [-0.3, -0.25) is 14.2 Å². The summed E-state index contributed by atoms with van der Waals surface area (Å²) in [6.07, 6.45) is 0.788. The van der Waals surface area contributed by atoms with Crippen LogP contribution in [0.3, 0.4) is 0 Å². The lowest BCUT2D eigenvalue weighted by atomic mass is 10.3. The van der Waals surface area contributed by atoms with Crippen molar-refractivity contribution in [3.8, 4) is 0 Å². The molecule has 2 aromatic heterocycles. The van der Waals surface area contributed by atoms with Crippen LogP contribution < -0.4 is 5.32 Å². The number of nitrogens with zero attached hydrogens (tertiary/aromatic N) is 4. The fourth-order valence-corrected chi connectivity index (χ4v) is 2.22. The van der Waals surface area contributed by atoms with Crippen LogP contribution in [0.1, 0.15) is 34.0 Å². The number of aryl methyl sites for hydroxylation is 4. The lowest BCUT2D eigenvalue weighted by Gasteiger charge is -2.05. The summed E-state index contributed by atoms with van der Waals surface area (Å²) in [4.78, 5) is 11.9. The molecule has 0 aromatic carbocycles. The molecule has 0 fully saturated rings. The van der Waals surface area contributed by atoms with Gasteiger partial charge in [0.25, 0.3) is 5.91 Å². The number of carbonyl (C=O) groups is 1. The Morgan fingerprint density at radius 3 is 2.57 bits per heavy atom. The molecule has 0 radical (unpaired) electrons. The third-order valence-electron chi connectivity index (χ3n) is 3.47. The summed E-state index contributed by atoms with van der Waals surface area (Å²) in [7, 11) is 1.82. The molecule has 1 N–H and O–H groups in total. The maximum atomic E-state index is 11.9. The van der Waals surface area contributed by atoms with Crippen LogP contribution in [-0.2, 0) is 13.6 Å². The lowest BCUT2D eigenvalue weighted by Crippen LogP contribution is -2.26. The minimum absolute atomic E-state index is 0.148. The van der Waals surface area contributed by atoms with Crippen LogP contribution in [0.4, 0.5) is 0 Å². The van der Waals surface area contributed by atoms with Gasteiger partial charge in [0.2, 0.25) is 0 Å². The smallest absolute Gasteiger partial charge is 0.271 e. The Hall–Kier alpha value is -1.82. The second kappa shape index (κ2) is 6.30. The van der Waals surface area contributed by atoms with Gasteiger partial charge in [0.1, 0.15) is 5.69 Å². The number of rotatable bonds is 5. The zero-order chi connectivity index (χ0) is 15.6. The molecule has 6 nitrogen and oxygen atoms in total. The highest BCUT2D eigenvalue weighted by atomic mass is 35.5. The Balaban J connectivity index is 1.82. The number of hydrogen-bond acceptors (Lipinski definition) is 3. The molecule has 2 rings (SSSR count). The molecule has 114 valence electrons. The van der Waals surface area contributed by atoms with Crippen molar-refractivity contribution in [2.24, 2.45) is 7.05 Å². The molecule has 0 atom stereocenters. The third kappa shape index (κ3) is 3.44. The summed E-state index contributed by atoms with van der Waals surface area (Å²) in [6.45, 7) is 7.04. The molecule has 7 heteroatoms. The van der Waals surface area contributed by atoms with Crippen LogP contribution in [-0.4, -0.2) is 32.0 Å². The Kier molecular flexibility index (Phi) is 4.67. The fraction of sp³-hybridized carbons (Fsp3) is 0.500. The topological polar surface area (TPSA) is 64.7 Å². The Morgan fingerprint density at radius 2 is 2.05 bits per heavy atom. The van der Waals surface area contributed by atoms with Crippen LogP contribution in [0.15, 0.2) is 6.07 Å². The predicted octanol–water partition coefficient (Wildman–Crippen LogP) is 2.02. The number of carbonyl (C=O) groups excluding carboxylic acids is 1. The minimum atomic E-state index is -0.148. The van der Waals surface area contributed by atoms with Gasteiger partial charge in [0.05, 0.1) is 16.4 Å². The zero-order valence-electron chi connectivity index (χ0n) is 12.8. The van der Waals surface area contributed by atoms with Gasteiger partial charge in [-0.15, -0.1) is 0 Å². The largest absolute Gasteiger partial charge is 0.351 e. The van der Waals surface area contributed by atoms with Gasteiger partial charge < -0.3 is 5.32 Å². The lowest BCUT2D eigenvalue weighted by molar-refractivity contribution is 0.0947. The van der Waals surface area contributed by atoms with Gasteiger partial charge in [0.15, 0.2) is 0 Å². The van der Waals surface area contributed by atoms with E-state index in [9.17, 15) is 4.79 Å². The van der Waals surface area contributed by atoms with E-state index in [0.717, 1.165) is 30.0 Å². The summed E-state index contributed by atoms with van der Waals surface area (Å²) in [5.74, 6) is -0.148. The molecule has 0 aliphatic rings. The monoisotopic (exact) mass is 309 g/mol. The molecule has 0 saturated carbocycles. The van der Waals surface area contributed by atoms with Crippen LogP contribution in [0.25, 0.3) is 0 Å². The van der Waals surface area contributed by atoms with Crippen molar-refractivity contribution in [1.29, 1.82) is 0 Å². The minimum Gasteiger partial charge on any atom is -0.351 e. The first kappa shape index (κ1) is 15.6. The van der Waals surface area contributed by atoms with Crippen LogP contribution in [0, 0.1) is 20.8 Å². The Morgan fingerprint density at radius 1 is 1.33 bits per heavy atom. The van der Waals surface area contributed by atoms with Crippen molar-refractivity contribution in [2.45, 2.75) is 33.7 Å². The summed E-state index contributed by atoms with van der Waals surface area (Å²) in [6, 6.07) is 1.77. The number of hydrogen-bond donors (Lipinski definition) is 1. The standard InChI is InChI=1S/C14H20ClN5O/c1-9-8-12(18-19(9)4)14(21)16-6-5-7-20-11(3)13(15)10(2)17-20/h8H,5-7H2,1-4H3,(H,16,21). The normalized spacial score (nSPS) is 10.9. The van der Waals surface area contributed by atoms with E-state index in [1.807, 2.05) is 32.5 Å². The van der Waals surface area contributed by atoms with Gasteiger partial charge in [-0.05, 0) is 33.3 Å². The first-order valence-electron chi connectivity index (χ1n) is 6.88. The van der Waals surface area contributed by atoms with E-state index in [4.69, 9.17) is 11.6 Å². The fourth-order valence-electron chi connectivity index (χ4n) is 2.09. The molecular formula is C14H20ClN5O. The summed E-state index contributed by atoms with van der Waals surface area (Å²) >= 11 is 6.10. The summed E-state index contributed by atoms with van der Waals surface area (Å²) in [5.41, 5.74) is 3.20. The second-order valence-electron chi connectivity index (χ2n) is 5.11. The van der Waals surface area contributed by atoms with Crippen molar-refractivity contribution >= 4 is 17.5 Å². The second-order valence-corrected chi connectivity index (χ2v) is 5.49. The summed E-state index contributed by atoms with van der Waals surface area (Å²) in [5, 5.41) is 12.1. The number of aromatic nitrogens is 4. The highest BCUT2D eigenvalue weighted by Crippen LogP contribution is 2.18. The SMILES string of the molecule is Cc1nn(CCCNC(=O)c2cc(C)n(C)n2)c(C)c1Cl. The number of halogens is 1. The molecule has 1 amide bonds. The highest BCUT2D eigenvalue weighted by Gasteiger charge is 2.11. The number of amides is 1. The van der Waals surface area contributed by atoms with Gasteiger partial charge >= 0.3 is 0 Å². The molecule has 2 heterocycles. The van der Waals surface area contributed by atoms with Crippen molar-refractivity contribution in [3.63, 3.8) is 0 Å². The van der Waals surface area contributed by atoms with Crippen LogP contribution in [0.2, 0.25) is 5.02 Å². The van der Waals surface area contributed by atoms with Crippen molar-refractivity contribution in [3.05, 3.63) is 33.9 Å². The number of nitrogens with one attached hydrogen (secondary N) is 1. The Bertz CT molecular complexity index is 639. The molecular weight excluding hydrogens is 290 g/mol. The van der Waals surface area contributed by atoms with Gasteiger partial charge in [-0.1, -0.05) is 11.6 Å². The molecule has 0 spiro atoms. The molecule has 0 saturated heterocycles. The summed E-state index contributed by atoms with van der Waals surface area (Å²) < 4.78 is 3.56. The maximum absolute atomic E-state index is 11.9. The zero-order valence-corrected chi connectivity index (χ0v) is 13.5. The van der Waals surface area contributed by atoms with Crippen LogP contribution >= 0.6 is 11.6 Å². The molecule has 2 aromatic rings. The Labute approximate surface area is 129 Å². The molecule has 0 aliphatic heterocycles. The van der Waals surface area contributed by atoms with Crippen molar-refractivity contribution in [2.75, 3.05) is 6.54 Å². The van der Waals surface area contributed by atoms with E-state index in [0.29, 0.717) is 17.3 Å². The first-order valence-corrected chi connectivity index (χ1v) is 7.26. The molecule has 21 heavy (non-hydrogen) atoms. The highest BCUT2D eigenvalue weighted by molar-refractivity contribution is 6.31. The average Bonchev–Trinajstić information content (AvgIpc) is 2.90. The van der Waals surface area contributed by atoms with Gasteiger partial charge in [-0.25, -0.2) is 0 Å². The van der Waals surface area contributed by atoms with E-state index in [-0.39, 0.29) is 5.91 Å². The van der Waals surface area contributed by atoms with Crippen molar-refractivity contribution < 1.29 is 4.79 Å². The molecule has 0 aliphatic carbocycles. The van der Waals surface area contributed by atoms with E-state index < -0.39 is 0 Å². The van der Waals surface area contributed by atoms with Crippen molar-refractivity contribution in [1.82, 2.24) is 24.9 Å². The van der Waals surface area contributed by atoms with Crippen LogP contribution in [0.5, 0.6) is 0 Å². The first-order chi connectivity index (χ1) is 9.90. The van der Waals surface area contributed by atoms with E-state index in [1.165, 1.54) is 0 Å². The van der Waals surface area contributed by atoms with E-state index in [2.05, 4.69) is 15.5 Å². The molecule has 0 bridgehead atoms. The molecule has 0 unspecified atom stereocenters. The maximum Gasteiger partial charge on any atom is 0.271 e. The third-order valence-corrected chi connectivity index (χ3v) is 4.02. The van der Waals surface area contributed by atoms with E-state index >= 15 is 0 Å². The van der Waals surface area contributed by atoms with E-state index in [1.54, 1.807) is 10.7 Å². The quantitative estimate of drug-likeness (QED) is 0.859. The average molecular weight is 310 g/mol.